The molecule has 0 unspecified atom stereocenters. The van der Waals surface area contributed by atoms with Crippen LogP contribution in [-0.4, -0.2) is 38.2 Å². The minimum absolute atomic E-state index is 0. The van der Waals surface area contributed by atoms with Crippen molar-refractivity contribution >= 4 is 41.3 Å². The molecule has 2 aromatic rings. The quantitative estimate of drug-likeness (QED) is 0.327. The molecule has 1 aromatic heterocycles. The normalized spacial score (nSPS) is 11.1. The van der Waals surface area contributed by atoms with Gasteiger partial charge in [-0.25, -0.2) is 4.98 Å². The van der Waals surface area contributed by atoms with Crippen LogP contribution in [0.15, 0.2) is 23.2 Å². The number of thiazole rings is 1. The van der Waals surface area contributed by atoms with Gasteiger partial charge in [0.1, 0.15) is 5.75 Å². The highest BCUT2D eigenvalue weighted by atomic mass is 127. The average molecular weight is 502 g/mol. The van der Waals surface area contributed by atoms with Crippen molar-refractivity contribution in [2.75, 3.05) is 27.2 Å². The molecule has 0 radical (unpaired) electrons. The Labute approximate surface area is 184 Å². The molecule has 0 aliphatic carbocycles. The fourth-order valence-corrected chi connectivity index (χ4v) is 3.87. The molecule has 0 saturated carbocycles. The Morgan fingerprint density at radius 3 is 2.48 bits per heavy atom. The second-order valence-corrected chi connectivity index (χ2v) is 7.49. The lowest BCUT2D eigenvalue weighted by molar-refractivity contribution is 0.409. The van der Waals surface area contributed by atoms with Gasteiger partial charge in [-0.05, 0) is 38.3 Å². The number of nitrogens with one attached hydrogen (secondary N) is 2. The molecule has 2 N–H and O–H groups in total. The van der Waals surface area contributed by atoms with Crippen molar-refractivity contribution in [3.05, 3.63) is 44.9 Å². The Hall–Kier alpha value is -1.35. The molecular weight excluding hydrogens is 471 g/mol. The molecule has 0 atom stereocenters. The largest absolute Gasteiger partial charge is 0.496 e. The van der Waals surface area contributed by atoms with Crippen molar-refractivity contribution in [1.82, 2.24) is 15.6 Å². The van der Waals surface area contributed by atoms with Gasteiger partial charge < -0.3 is 15.4 Å². The maximum atomic E-state index is 5.44. The molecular formula is C20H31IN4OS. The van der Waals surface area contributed by atoms with Gasteiger partial charge in [-0.1, -0.05) is 24.6 Å². The molecule has 5 nitrogen and oxygen atoms in total. The molecule has 27 heavy (non-hydrogen) atoms. The van der Waals surface area contributed by atoms with E-state index in [0.717, 1.165) is 44.1 Å². The summed E-state index contributed by atoms with van der Waals surface area (Å²) < 4.78 is 5.44. The topological polar surface area (TPSA) is 58.5 Å². The average Bonchev–Trinajstić information content (AvgIpc) is 3.00. The van der Waals surface area contributed by atoms with E-state index in [-0.39, 0.29) is 24.0 Å². The number of guanidine groups is 1. The number of aliphatic imine (C=N–C) groups is 1. The summed E-state index contributed by atoms with van der Waals surface area (Å²) in [5, 5.41) is 7.92. The lowest BCUT2D eigenvalue weighted by Crippen LogP contribution is -2.39. The fraction of sp³-hybridized carbons (Fsp3) is 0.500. The van der Waals surface area contributed by atoms with Gasteiger partial charge in [0.2, 0.25) is 0 Å². The fourth-order valence-electron chi connectivity index (χ4n) is 2.85. The smallest absolute Gasteiger partial charge is 0.191 e. The van der Waals surface area contributed by atoms with Gasteiger partial charge in [0.15, 0.2) is 5.96 Å². The Bertz CT molecular complexity index is 746. The molecule has 0 aliphatic heterocycles. The van der Waals surface area contributed by atoms with Crippen molar-refractivity contribution < 1.29 is 4.74 Å². The van der Waals surface area contributed by atoms with Crippen LogP contribution in [0.3, 0.4) is 0 Å². The zero-order valence-corrected chi connectivity index (χ0v) is 20.0. The van der Waals surface area contributed by atoms with E-state index in [1.54, 1.807) is 25.5 Å². The summed E-state index contributed by atoms with van der Waals surface area (Å²) in [5.41, 5.74) is 3.67. The maximum absolute atomic E-state index is 5.44. The van der Waals surface area contributed by atoms with Gasteiger partial charge in [-0.2, -0.15) is 0 Å². The van der Waals surface area contributed by atoms with Crippen LogP contribution in [-0.2, 0) is 19.3 Å². The minimum atomic E-state index is 0. The molecule has 2 rings (SSSR count). The van der Waals surface area contributed by atoms with Crippen molar-refractivity contribution in [2.24, 2.45) is 4.99 Å². The van der Waals surface area contributed by atoms with E-state index < -0.39 is 0 Å². The summed E-state index contributed by atoms with van der Waals surface area (Å²) in [4.78, 5) is 10.3. The predicted molar refractivity (Wildman–Crippen MR) is 126 cm³/mol. The molecule has 0 bridgehead atoms. The molecule has 0 spiro atoms. The van der Waals surface area contributed by atoms with Gasteiger partial charge in [-0.3, -0.25) is 4.99 Å². The number of aromatic nitrogens is 1. The molecule has 0 saturated heterocycles. The second-order valence-electron chi connectivity index (χ2n) is 6.21. The number of rotatable bonds is 8. The zero-order chi connectivity index (χ0) is 18.9. The molecule has 0 fully saturated rings. The van der Waals surface area contributed by atoms with E-state index in [1.807, 2.05) is 6.07 Å². The summed E-state index contributed by atoms with van der Waals surface area (Å²) in [6, 6.07) is 6.27. The van der Waals surface area contributed by atoms with Gasteiger partial charge in [0.05, 0.1) is 17.8 Å². The molecule has 150 valence electrons. The van der Waals surface area contributed by atoms with E-state index in [4.69, 9.17) is 4.74 Å². The number of hydrogen-bond acceptors (Lipinski definition) is 4. The number of ether oxygens (including phenoxy) is 1. The van der Waals surface area contributed by atoms with Crippen LogP contribution in [0.4, 0.5) is 0 Å². The third-order valence-corrected chi connectivity index (χ3v) is 5.32. The van der Waals surface area contributed by atoms with Gasteiger partial charge >= 0.3 is 0 Å². The first-order valence-corrected chi connectivity index (χ1v) is 9.92. The summed E-state index contributed by atoms with van der Waals surface area (Å²) in [7, 11) is 3.51. The van der Waals surface area contributed by atoms with Crippen molar-refractivity contribution in [1.29, 1.82) is 0 Å². The second kappa shape index (κ2) is 12.2. The molecule has 0 aliphatic rings. The zero-order valence-electron chi connectivity index (χ0n) is 16.9. The number of hydrogen-bond donors (Lipinski definition) is 2. The summed E-state index contributed by atoms with van der Waals surface area (Å²) >= 11 is 1.79. The van der Waals surface area contributed by atoms with Gasteiger partial charge in [-0.15, -0.1) is 35.3 Å². The lowest BCUT2D eigenvalue weighted by Gasteiger charge is -2.13. The van der Waals surface area contributed by atoms with E-state index in [0.29, 0.717) is 0 Å². The third-order valence-electron chi connectivity index (χ3n) is 4.25. The third kappa shape index (κ3) is 7.29. The first-order chi connectivity index (χ1) is 12.6. The minimum Gasteiger partial charge on any atom is -0.496 e. The number of aryl methyl sites for hydroxylation is 3. The van der Waals surface area contributed by atoms with Gasteiger partial charge in [0.25, 0.3) is 0 Å². The monoisotopic (exact) mass is 502 g/mol. The summed E-state index contributed by atoms with van der Waals surface area (Å²) in [6.07, 6.45) is 2.80. The Kier molecular flexibility index (Phi) is 10.7. The predicted octanol–water partition coefficient (Wildman–Crippen LogP) is 3.90. The van der Waals surface area contributed by atoms with Crippen molar-refractivity contribution in [3.63, 3.8) is 0 Å². The summed E-state index contributed by atoms with van der Waals surface area (Å²) in [6.45, 7) is 8.02. The summed E-state index contributed by atoms with van der Waals surface area (Å²) in [5.74, 6) is 1.76. The molecule has 0 amide bonds. The van der Waals surface area contributed by atoms with Crippen LogP contribution in [0.5, 0.6) is 5.75 Å². The Balaban J connectivity index is 0.00000364. The first kappa shape index (κ1) is 23.7. The van der Waals surface area contributed by atoms with E-state index in [9.17, 15) is 0 Å². The standard InChI is InChI=1S/C20H30N4OS.HI/c1-6-17-15(3)26-19(24-17)10-12-23-20(21-4)22-11-9-16-13-14(2)7-8-18(16)25-5;/h7-8,13H,6,9-12H2,1-5H3,(H2,21,22,23);1H. The van der Waals surface area contributed by atoms with E-state index >= 15 is 0 Å². The van der Waals surface area contributed by atoms with Crippen LogP contribution in [0.1, 0.15) is 33.6 Å². The van der Waals surface area contributed by atoms with Crippen LogP contribution < -0.4 is 15.4 Å². The van der Waals surface area contributed by atoms with Crippen LogP contribution in [0.25, 0.3) is 0 Å². The molecule has 7 heteroatoms. The van der Waals surface area contributed by atoms with E-state index in [2.05, 4.69) is 53.5 Å². The highest BCUT2D eigenvalue weighted by Gasteiger charge is 2.07. The lowest BCUT2D eigenvalue weighted by atomic mass is 10.1. The highest BCUT2D eigenvalue weighted by molar-refractivity contribution is 14.0. The Morgan fingerprint density at radius 2 is 1.89 bits per heavy atom. The van der Waals surface area contributed by atoms with Crippen molar-refractivity contribution in [2.45, 2.75) is 40.0 Å². The Morgan fingerprint density at radius 1 is 1.19 bits per heavy atom. The SMILES string of the molecule is CCc1nc(CCNC(=NC)NCCc2cc(C)ccc2OC)sc1C.I. The van der Waals surface area contributed by atoms with Crippen LogP contribution in [0, 0.1) is 13.8 Å². The van der Waals surface area contributed by atoms with Crippen LogP contribution in [0.2, 0.25) is 0 Å². The molecule has 1 heterocycles. The maximum Gasteiger partial charge on any atom is 0.191 e. The van der Waals surface area contributed by atoms with Gasteiger partial charge in [0, 0.05) is 31.4 Å². The number of methoxy groups -OCH3 is 1. The van der Waals surface area contributed by atoms with Crippen LogP contribution >= 0.6 is 35.3 Å². The van der Waals surface area contributed by atoms with E-state index in [1.165, 1.54) is 26.7 Å². The number of benzene rings is 1. The highest BCUT2D eigenvalue weighted by Crippen LogP contribution is 2.20. The number of nitrogens with zero attached hydrogens (tertiary/aromatic N) is 2. The first-order valence-electron chi connectivity index (χ1n) is 9.10. The molecule has 1 aromatic carbocycles. The number of halogens is 1. The van der Waals surface area contributed by atoms with Crippen molar-refractivity contribution in [3.8, 4) is 5.75 Å².